The van der Waals surface area contributed by atoms with Gasteiger partial charge in [-0.05, 0) is 24.6 Å². The molecule has 0 fully saturated rings. The number of nitrogens with one attached hydrogen (secondary N) is 2. The molecule has 2 heterocycles. The van der Waals surface area contributed by atoms with E-state index in [1.54, 1.807) is 19.1 Å². The molecule has 160 valence electrons. The maximum absolute atomic E-state index is 12.7. The first kappa shape index (κ1) is 21.5. The Kier molecular flexibility index (Phi) is 6.94. The number of fused-ring (bicyclic) bond motifs is 1. The number of carbonyl (C=O) groups excluding carboxylic acids is 3. The monoisotopic (exact) mass is 424 g/mol. The zero-order valence-corrected chi connectivity index (χ0v) is 16.7. The average Bonchev–Trinajstić information content (AvgIpc) is 2.78. The van der Waals surface area contributed by atoms with Crippen molar-refractivity contribution in [1.82, 2.24) is 14.7 Å². The van der Waals surface area contributed by atoms with Gasteiger partial charge < -0.3 is 14.8 Å². The summed E-state index contributed by atoms with van der Waals surface area (Å²) in [4.78, 5) is 52.5. The summed E-state index contributed by atoms with van der Waals surface area (Å²) in [5.74, 6) is -1.14. The van der Waals surface area contributed by atoms with Crippen molar-refractivity contribution in [3.8, 4) is 0 Å². The van der Waals surface area contributed by atoms with Gasteiger partial charge in [-0.3, -0.25) is 24.1 Å². The van der Waals surface area contributed by atoms with Crippen LogP contribution in [-0.2, 0) is 20.9 Å². The Labute approximate surface area is 176 Å². The molecule has 0 bridgehead atoms. The molecule has 10 heteroatoms. The summed E-state index contributed by atoms with van der Waals surface area (Å²) in [7, 11) is 0. The van der Waals surface area contributed by atoms with Crippen LogP contribution in [0.4, 0.5) is 10.5 Å². The van der Waals surface area contributed by atoms with Gasteiger partial charge in [-0.2, -0.15) is 0 Å². The predicted molar refractivity (Wildman–Crippen MR) is 111 cm³/mol. The Bertz CT molecular complexity index is 1160. The number of ether oxygens (including phenoxy) is 2. The minimum atomic E-state index is -0.814. The molecule has 3 aromatic rings. The lowest BCUT2D eigenvalue weighted by atomic mass is 10.2. The molecule has 0 aliphatic rings. The summed E-state index contributed by atoms with van der Waals surface area (Å²) in [6.07, 6.45) is 1.67. The summed E-state index contributed by atoms with van der Waals surface area (Å²) in [5.41, 5.74) is 0.491. The van der Waals surface area contributed by atoms with Crippen molar-refractivity contribution >= 4 is 29.3 Å². The first-order chi connectivity index (χ1) is 15.0. The maximum atomic E-state index is 12.7. The largest absolute Gasteiger partial charge is 0.465 e. The summed E-state index contributed by atoms with van der Waals surface area (Å²) >= 11 is 0. The number of rotatable bonds is 7. The zero-order valence-electron chi connectivity index (χ0n) is 16.7. The van der Waals surface area contributed by atoms with Gasteiger partial charge in [-0.15, -0.1) is 0 Å². The lowest BCUT2D eigenvalue weighted by Crippen LogP contribution is -2.31. The Morgan fingerprint density at radius 3 is 2.58 bits per heavy atom. The molecule has 2 N–H and O–H groups in total. The van der Waals surface area contributed by atoms with E-state index < -0.39 is 23.5 Å². The van der Waals surface area contributed by atoms with E-state index in [1.807, 2.05) is 18.2 Å². The van der Waals surface area contributed by atoms with Crippen LogP contribution >= 0.6 is 0 Å². The number of anilines is 1. The van der Waals surface area contributed by atoms with E-state index in [0.29, 0.717) is 0 Å². The molecule has 0 atom stereocenters. The molecular formula is C21H20N4O6. The van der Waals surface area contributed by atoms with E-state index in [2.05, 4.69) is 15.6 Å². The van der Waals surface area contributed by atoms with Crippen LogP contribution in [-0.4, -0.2) is 40.5 Å². The molecular weight excluding hydrogens is 404 g/mol. The first-order valence-corrected chi connectivity index (χ1v) is 9.41. The summed E-state index contributed by atoms with van der Waals surface area (Å²) < 4.78 is 11.0. The van der Waals surface area contributed by atoms with E-state index in [0.717, 1.165) is 9.96 Å². The Hall–Kier alpha value is -4.21. The van der Waals surface area contributed by atoms with Crippen molar-refractivity contribution in [2.45, 2.75) is 13.5 Å². The fourth-order valence-electron chi connectivity index (χ4n) is 2.63. The smallest absolute Gasteiger partial charge is 0.412 e. The van der Waals surface area contributed by atoms with Crippen molar-refractivity contribution in [3.63, 3.8) is 0 Å². The van der Waals surface area contributed by atoms with Crippen LogP contribution < -0.4 is 16.2 Å². The molecule has 0 aliphatic carbocycles. The number of hydrogen-bond acceptors (Lipinski definition) is 7. The molecule has 0 saturated heterocycles. The van der Waals surface area contributed by atoms with Crippen LogP contribution in [0.25, 0.3) is 5.65 Å². The molecule has 0 saturated carbocycles. The van der Waals surface area contributed by atoms with Crippen molar-refractivity contribution in [2.75, 3.05) is 18.5 Å². The lowest BCUT2D eigenvalue weighted by molar-refractivity contribution is -0.141. The van der Waals surface area contributed by atoms with Crippen LogP contribution in [0.2, 0.25) is 0 Å². The molecule has 0 unspecified atom stereocenters. The highest BCUT2D eigenvalue weighted by Crippen LogP contribution is 2.07. The first-order valence-electron chi connectivity index (χ1n) is 9.41. The number of esters is 1. The molecule has 0 radical (unpaired) electrons. The van der Waals surface area contributed by atoms with Crippen LogP contribution in [0.3, 0.4) is 0 Å². The van der Waals surface area contributed by atoms with Gasteiger partial charge in [-0.1, -0.05) is 30.3 Å². The Balaban J connectivity index is 1.71. The number of amides is 2. The van der Waals surface area contributed by atoms with Crippen molar-refractivity contribution in [2.24, 2.45) is 0 Å². The number of carbonyl (C=O) groups is 3. The van der Waals surface area contributed by atoms with Gasteiger partial charge in [0.1, 0.15) is 24.5 Å². The summed E-state index contributed by atoms with van der Waals surface area (Å²) in [5, 5.41) is 4.76. The number of pyridine rings is 1. The van der Waals surface area contributed by atoms with Gasteiger partial charge in [0.15, 0.2) is 0 Å². The van der Waals surface area contributed by atoms with Crippen molar-refractivity contribution < 1.29 is 23.9 Å². The Morgan fingerprint density at radius 1 is 1.06 bits per heavy atom. The SMILES string of the molecule is CCOC(=O)CNC(=O)c1ccc2ncc(NC(=O)OCc3ccccc3)c(=O)n2c1. The van der Waals surface area contributed by atoms with Gasteiger partial charge in [0.2, 0.25) is 0 Å². The standard InChI is InChI=1S/C21H20N4O6/c1-2-30-18(26)11-23-19(27)15-8-9-17-22-10-16(20(28)25(17)12-15)24-21(29)31-13-14-6-4-3-5-7-14/h3-10,12H,2,11,13H2,1H3,(H,23,27)(H,24,29). The van der Waals surface area contributed by atoms with Gasteiger partial charge in [-0.25, -0.2) is 9.78 Å². The van der Waals surface area contributed by atoms with Gasteiger partial charge in [0.05, 0.1) is 18.4 Å². The van der Waals surface area contributed by atoms with E-state index in [-0.39, 0.29) is 36.7 Å². The van der Waals surface area contributed by atoms with Crippen LogP contribution in [0, 0.1) is 0 Å². The molecule has 0 aliphatic heterocycles. The number of benzene rings is 1. The molecule has 10 nitrogen and oxygen atoms in total. The summed E-state index contributed by atoms with van der Waals surface area (Å²) in [6.45, 7) is 1.60. The maximum Gasteiger partial charge on any atom is 0.412 e. The molecule has 2 aromatic heterocycles. The molecule has 0 spiro atoms. The van der Waals surface area contributed by atoms with Crippen molar-refractivity contribution in [1.29, 1.82) is 0 Å². The third kappa shape index (κ3) is 5.66. The molecule has 1 aromatic carbocycles. The van der Waals surface area contributed by atoms with E-state index in [1.165, 1.54) is 24.5 Å². The second-order valence-electron chi connectivity index (χ2n) is 6.30. The number of aromatic nitrogens is 2. The van der Waals surface area contributed by atoms with Gasteiger partial charge >= 0.3 is 12.1 Å². The van der Waals surface area contributed by atoms with Gasteiger partial charge in [0.25, 0.3) is 11.5 Å². The fourth-order valence-corrected chi connectivity index (χ4v) is 2.63. The minimum Gasteiger partial charge on any atom is -0.465 e. The lowest BCUT2D eigenvalue weighted by Gasteiger charge is -2.09. The normalized spacial score (nSPS) is 10.4. The highest BCUT2D eigenvalue weighted by molar-refractivity contribution is 5.96. The van der Waals surface area contributed by atoms with Crippen LogP contribution in [0.5, 0.6) is 0 Å². The zero-order chi connectivity index (χ0) is 22.2. The van der Waals surface area contributed by atoms with Crippen molar-refractivity contribution in [3.05, 3.63) is 76.3 Å². The second-order valence-corrected chi connectivity index (χ2v) is 6.30. The van der Waals surface area contributed by atoms with E-state index in [9.17, 15) is 19.2 Å². The fraction of sp³-hybridized carbons (Fsp3) is 0.190. The van der Waals surface area contributed by atoms with E-state index >= 15 is 0 Å². The third-order valence-corrected chi connectivity index (χ3v) is 4.11. The van der Waals surface area contributed by atoms with Crippen LogP contribution in [0.1, 0.15) is 22.8 Å². The predicted octanol–water partition coefficient (Wildman–Crippen LogP) is 1.74. The average molecular weight is 424 g/mol. The second kappa shape index (κ2) is 10.0. The summed E-state index contributed by atoms with van der Waals surface area (Å²) in [6, 6.07) is 12.0. The number of nitrogens with zero attached hydrogens (tertiary/aromatic N) is 2. The Morgan fingerprint density at radius 2 is 1.84 bits per heavy atom. The number of hydrogen-bond donors (Lipinski definition) is 2. The molecule has 2 amide bonds. The highest BCUT2D eigenvalue weighted by Gasteiger charge is 2.13. The van der Waals surface area contributed by atoms with Crippen LogP contribution in [0.15, 0.2) is 59.7 Å². The molecule has 3 rings (SSSR count). The van der Waals surface area contributed by atoms with E-state index in [4.69, 9.17) is 9.47 Å². The topological polar surface area (TPSA) is 128 Å². The third-order valence-electron chi connectivity index (χ3n) is 4.11. The van der Waals surface area contributed by atoms with Gasteiger partial charge in [0, 0.05) is 6.20 Å². The molecule has 31 heavy (non-hydrogen) atoms. The quantitative estimate of drug-likeness (QED) is 0.553. The highest BCUT2D eigenvalue weighted by atomic mass is 16.5. The minimum absolute atomic E-state index is 0.0415.